The highest BCUT2D eigenvalue weighted by Gasteiger charge is 2.69. The Hall–Kier alpha value is -2.16. The molecule has 0 unspecified atom stereocenters. The van der Waals surface area contributed by atoms with Crippen molar-refractivity contribution in [1.29, 1.82) is 0 Å². The number of hydrogen-bond donors (Lipinski definition) is 0. The van der Waals surface area contributed by atoms with Gasteiger partial charge in [-0.2, -0.15) is 0 Å². The van der Waals surface area contributed by atoms with Crippen LogP contribution >= 0.6 is 0 Å². The first-order valence-electron chi connectivity index (χ1n) is 7.48. The highest BCUT2D eigenvalue weighted by atomic mass is 16.6. The quantitative estimate of drug-likeness (QED) is 0.302. The van der Waals surface area contributed by atoms with Crippen molar-refractivity contribution in [3.8, 4) is 0 Å². The van der Waals surface area contributed by atoms with Gasteiger partial charge in [-0.15, -0.1) is 0 Å². The molecule has 2 saturated heterocycles. The molecule has 3 fully saturated rings. The number of ether oxygens (including phenoxy) is 4. The van der Waals surface area contributed by atoms with Gasteiger partial charge in [0.2, 0.25) is 0 Å². The molecule has 0 N–H and O–H groups in total. The second-order valence-electron chi connectivity index (χ2n) is 5.95. The zero-order valence-electron chi connectivity index (χ0n) is 12.6. The Morgan fingerprint density at radius 2 is 1.04 bits per heavy atom. The van der Waals surface area contributed by atoms with Crippen molar-refractivity contribution in [2.24, 2.45) is 0 Å². The summed E-state index contributed by atoms with van der Waals surface area (Å²) < 4.78 is 19.8. The molecule has 0 atom stereocenters. The first-order valence-corrected chi connectivity index (χ1v) is 7.48. The van der Waals surface area contributed by atoms with E-state index < -0.39 is 29.4 Å². The Labute approximate surface area is 132 Å². The number of cyclic esters (lactones) is 4. The molecule has 3 aliphatic rings. The van der Waals surface area contributed by atoms with Crippen molar-refractivity contribution in [3.63, 3.8) is 0 Å². The number of carbonyl (C=O) groups excluding carboxylic acids is 4. The van der Waals surface area contributed by atoms with Crippen molar-refractivity contribution in [3.05, 3.63) is 0 Å². The molecule has 1 saturated carbocycles. The SMILES string of the molecule is O=C1C[N+]2(CC(=O)OCCO1)CC(=O)OCCOC(=O)C21CC1. The molecule has 2 heterocycles. The molecule has 0 bridgehead atoms. The van der Waals surface area contributed by atoms with Crippen molar-refractivity contribution >= 4 is 23.9 Å². The number of esters is 4. The van der Waals surface area contributed by atoms with Gasteiger partial charge >= 0.3 is 23.9 Å². The van der Waals surface area contributed by atoms with E-state index in [4.69, 9.17) is 18.9 Å². The lowest BCUT2D eigenvalue weighted by molar-refractivity contribution is -0.933. The van der Waals surface area contributed by atoms with E-state index in [-0.39, 0.29) is 50.5 Å². The topological polar surface area (TPSA) is 105 Å². The molecule has 2 spiro atoms. The molecule has 0 aromatic carbocycles. The molecule has 0 amide bonds. The van der Waals surface area contributed by atoms with Gasteiger partial charge < -0.3 is 18.9 Å². The lowest BCUT2D eigenvalue weighted by Crippen LogP contribution is -2.66. The van der Waals surface area contributed by atoms with Crippen LogP contribution in [0.4, 0.5) is 0 Å². The minimum Gasteiger partial charge on any atom is -0.458 e. The largest absolute Gasteiger partial charge is 0.458 e. The smallest absolute Gasteiger partial charge is 0.368 e. The average Bonchev–Trinajstić information content (AvgIpc) is 3.27. The van der Waals surface area contributed by atoms with Gasteiger partial charge in [-0.3, -0.25) is 4.48 Å². The number of quaternary nitrogens is 1. The van der Waals surface area contributed by atoms with E-state index in [9.17, 15) is 19.2 Å². The van der Waals surface area contributed by atoms with Gasteiger partial charge in [0.05, 0.1) is 0 Å². The van der Waals surface area contributed by atoms with Crippen LogP contribution in [-0.2, 0) is 38.1 Å². The summed E-state index contributed by atoms with van der Waals surface area (Å²) in [4.78, 5) is 48.7. The maximum atomic E-state index is 12.5. The molecule has 0 radical (unpaired) electrons. The summed E-state index contributed by atoms with van der Waals surface area (Å²) >= 11 is 0. The monoisotopic (exact) mass is 328 g/mol. The van der Waals surface area contributed by atoms with E-state index in [1.165, 1.54) is 0 Å². The van der Waals surface area contributed by atoms with Crippen molar-refractivity contribution in [2.75, 3.05) is 46.1 Å². The third kappa shape index (κ3) is 2.88. The number of nitrogens with zero attached hydrogens (tertiary/aromatic N) is 1. The first-order chi connectivity index (χ1) is 11.0. The highest BCUT2D eigenvalue weighted by Crippen LogP contribution is 2.48. The van der Waals surface area contributed by atoms with Crippen LogP contribution in [0.1, 0.15) is 12.8 Å². The third-order valence-electron chi connectivity index (χ3n) is 4.50. The summed E-state index contributed by atoms with van der Waals surface area (Å²) in [5, 5.41) is 0. The van der Waals surface area contributed by atoms with Gasteiger partial charge in [-0.25, -0.2) is 19.2 Å². The molecule has 126 valence electrons. The summed E-state index contributed by atoms with van der Waals surface area (Å²) in [6.07, 6.45) is 0.860. The second-order valence-corrected chi connectivity index (χ2v) is 5.95. The number of carbonyl (C=O) groups is 4. The maximum absolute atomic E-state index is 12.5. The zero-order chi connectivity index (χ0) is 16.5. The molecule has 3 rings (SSSR count). The third-order valence-corrected chi connectivity index (χ3v) is 4.50. The normalized spacial score (nSPS) is 27.1. The average molecular weight is 328 g/mol. The van der Waals surface area contributed by atoms with Crippen molar-refractivity contribution in [2.45, 2.75) is 18.4 Å². The van der Waals surface area contributed by atoms with Crippen LogP contribution in [0.5, 0.6) is 0 Å². The van der Waals surface area contributed by atoms with E-state index in [0.717, 1.165) is 0 Å². The first kappa shape index (κ1) is 15.7. The summed E-state index contributed by atoms with van der Waals surface area (Å²) in [6.45, 7) is -1.02. The van der Waals surface area contributed by atoms with Crippen LogP contribution in [0.25, 0.3) is 0 Å². The molecule has 1 aliphatic carbocycles. The van der Waals surface area contributed by atoms with Gasteiger partial charge in [-0.1, -0.05) is 0 Å². The molecular weight excluding hydrogens is 310 g/mol. The van der Waals surface area contributed by atoms with E-state index in [0.29, 0.717) is 12.8 Å². The van der Waals surface area contributed by atoms with Gasteiger partial charge in [-0.05, 0) is 0 Å². The predicted molar refractivity (Wildman–Crippen MR) is 70.7 cm³/mol. The Morgan fingerprint density at radius 1 is 0.652 bits per heavy atom. The maximum Gasteiger partial charge on any atom is 0.368 e. The fourth-order valence-electron chi connectivity index (χ4n) is 3.23. The van der Waals surface area contributed by atoms with Crippen molar-refractivity contribution in [1.82, 2.24) is 0 Å². The number of hydrogen-bond acceptors (Lipinski definition) is 8. The second kappa shape index (κ2) is 5.80. The van der Waals surface area contributed by atoms with Crippen LogP contribution in [0, 0.1) is 0 Å². The van der Waals surface area contributed by atoms with Gasteiger partial charge in [0.25, 0.3) is 0 Å². The number of fused-ring (bicyclic) bond motifs is 1. The molecule has 2 aliphatic heterocycles. The standard InChI is InChI=1S/C14H18NO8/c16-10-7-15(8-11(17)21-4-3-20-10)9-12(18)22-5-6-23-13(19)14(15)1-2-14/h1-9H2/q+1. The van der Waals surface area contributed by atoms with Crippen LogP contribution in [0.2, 0.25) is 0 Å². The predicted octanol–water partition coefficient (Wildman–Crippen LogP) is -1.46. The fraction of sp³-hybridized carbons (Fsp3) is 0.714. The summed E-state index contributed by atoms with van der Waals surface area (Å²) in [5.74, 6) is -2.28. The minimum atomic E-state index is -1.09. The van der Waals surface area contributed by atoms with Crippen LogP contribution in [0.15, 0.2) is 0 Å². The lowest BCUT2D eigenvalue weighted by atomic mass is 10.1. The van der Waals surface area contributed by atoms with Gasteiger partial charge in [0.15, 0.2) is 25.2 Å². The molecule has 0 aromatic rings. The Balaban J connectivity index is 2.02. The van der Waals surface area contributed by atoms with E-state index in [1.54, 1.807) is 0 Å². The Kier molecular flexibility index (Phi) is 3.97. The Bertz CT molecular complexity index is 508. The lowest BCUT2D eigenvalue weighted by Gasteiger charge is -2.40. The molecule has 23 heavy (non-hydrogen) atoms. The molecular formula is C14H18NO8+. The zero-order valence-corrected chi connectivity index (χ0v) is 12.6. The molecule has 9 heteroatoms. The summed E-state index contributed by atoms with van der Waals surface area (Å²) in [5.41, 5.74) is -1.09. The molecule has 0 aromatic heterocycles. The fourth-order valence-corrected chi connectivity index (χ4v) is 3.23. The van der Waals surface area contributed by atoms with E-state index >= 15 is 0 Å². The summed E-state index contributed by atoms with van der Waals surface area (Å²) in [7, 11) is 0. The number of rotatable bonds is 0. The van der Waals surface area contributed by atoms with Crippen molar-refractivity contribution < 1.29 is 42.6 Å². The minimum absolute atomic E-state index is 0.0405. The van der Waals surface area contributed by atoms with Crippen LogP contribution in [0.3, 0.4) is 0 Å². The van der Waals surface area contributed by atoms with Crippen LogP contribution < -0.4 is 0 Å². The van der Waals surface area contributed by atoms with Gasteiger partial charge in [0.1, 0.15) is 26.4 Å². The Morgan fingerprint density at radius 3 is 1.43 bits per heavy atom. The van der Waals surface area contributed by atoms with Crippen LogP contribution in [-0.4, -0.2) is 80.0 Å². The highest BCUT2D eigenvalue weighted by molar-refractivity contribution is 5.85. The molecule has 9 nitrogen and oxygen atoms in total. The summed E-state index contributed by atoms with van der Waals surface area (Å²) in [6, 6.07) is 0. The van der Waals surface area contributed by atoms with E-state index in [2.05, 4.69) is 0 Å². The van der Waals surface area contributed by atoms with Gasteiger partial charge in [0, 0.05) is 12.8 Å². The van der Waals surface area contributed by atoms with E-state index in [1.807, 2.05) is 0 Å².